The number of aromatic nitrogens is 1. The average Bonchev–Trinajstić information content (AvgIpc) is 3.61. The molecule has 1 fully saturated rings. The summed E-state index contributed by atoms with van der Waals surface area (Å²) in [7, 11) is 1.54. The van der Waals surface area contributed by atoms with Crippen LogP contribution in [0.25, 0.3) is 10.9 Å². The van der Waals surface area contributed by atoms with Gasteiger partial charge >= 0.3 is 5.97 Å². The van der Waals surface area contributed by atoms with Crippen LogP contribution in [0, 0.1) is 11.8 Å². The summed E-state index contributed by atoms with van der Waals surface area (Å²) in [5.41, 5.74) is 1.70. The van der Waals surface area contributed by atoms with Crippen LogP contribution in [-0.4, -0.2) is 66.8 Å². The predicted octanol–water partition coefficient (Wildman–Crippen LogP) is 2.69. The molecule has 1 saturated heterocycles. The number of Topliss-reactive ketones (excluding diaryl/α,β-unsaturated/α-hetero) is 1. The Hall–Kier alpha value is -4.67. The molecule has 1 aromatic heterocycles. The zero-order chi connectivity index (χ0) is 30.9. The van der Waals surface area contributed by atoms with Gasteiger partial charge in [0.15, 0.2) is 12.4 Å². The molecule has 0 radical (unpaired) electrons. The Labute approximate surface area is 250 Å². The van der Waals surface area contributed by atoms with E-state index in [1.54, 1.807) is 49.6 Å². The number of benzene rings is 2. The average molecular weight is 591 g/mol. The van der Waals surface area contributed by atoms with Crippen LogP contribution in [0.2, 0.25) is 0 Å². The first-order chi connectivity index (χ1) is 20.6. The van der Waals surface area contributed by atoms with E-state index in [-0.39, 0.29) is 30.4 Å². The van der Waals surface area contributed by atoms with Crippen LogP contribution in [0.1, 0.15) is 49.2 Å². The second kappa shape index (κ2) is 14.5. The number of aromatic amines is 1. The molecule has 0 saturated carbocycles. The van der Waals surface area contributed by atoms with E-state index in [0.717, 1.165) is 10.9 Å². The van der Waals surface area contributed by atoms with Gasteiger partial charge in [0.05, 0.1) is 19.6 Å². The molecule has 0 spiro atoms. The summed E-state index contributed by atoms with van der Waals surface area (Å²) >= 11 is 0. The van der Waals surface area contributed by atoms with Gasteiger partial charge in [-0.1, -0.05) is 50.2 Å². The first kappa shape index (κ1) is 31.3. The van der Waals surface area contributed by atoms with Gasteiger partial charge in [-0.05, 0) is 48.9 Å². The van der Waals surface area contributed by atoms with E-state index < -0.39 is 48.2 Å². The first-order valence-corrected chi connectivity index (χ1v) is 14.4. The SMILES string of the molecule is COc1cccc2[nH]c(C(=O)N[C@@H](CC(C)C)C(=O)N[C@@H](C[C@@H]3CCNC3=O)C(=O)COC(=O)Cc3ccccc3)cc12. The fraction of sp³-hybridized carbons (Fsp3) is 0.406. The number of ether oxygens (including phenoxy) is 2. The lowest BCUT2D eigenvalue weighted by atomic mass is 9.95. The third-order valence-electron chi connectivity index (χ3n) is 7.37. The molecule has 4 N–H and O–H groups in total. The number of fused-ring (bicyclic) bond motifs is 1. The minimum absolute atomic E-state index is 0.00169. The number of carbonyl (C=O) groups is 5. The van der Waals surface area contributed by atoms with Crippen molar-refractivity contribution in [3.8, 4) is 5.75 Å². The molecule has 228 valence electrons. The molecule has 4 rings (SSSR count). The molecule has 0 bridgehead atoms. The minimum atomic E-state index is -1.09. The minimum Gasteiger partial charge on any atom is -0.496 e. The molecule has 43 heavy (non-hydrogen) atoms. The molecule has 11 heteroatoms. The first-order valence-electron chi connectivity index (χ1n) is 14.4. The maximum absolute atomic E-state index is 13.6. The smallest absolute Gasteiger partial charge is 0.310 e. The highest BCUT2D eigenvalue weighted by Gasteiger charge is 2.34. The summed E-state index contributed by atoms with van der Waals surface area (Å²) in [5, 5.41) is 8.99. The lowest BCUT2D eigenvalue weighted by Gasteiger charge is -2.25. The van der Waals surface area contributed by atoms with Gasteiger partial charge in [-0.3, -0.25) is 24.0 Å². The molecule has 0 unspecified atom stereocenters. The van der Waals surface area contributed by atoms with Crippen LogP contribution in [0.15, 0.2) is 54.6 Å². The second-order valence-electron chi connectivity index (χ2n) is 11.1. The van der Waals surface area contributed by atoms with Crippen LogP contribution in [0.3, 0.4) is 0 Å². The van der Waals surface area contributed by atoms with Gasteiger partial charge < -0.3 is 30.4 Å². The Morgan fingerprint density at radius 3 is 2.44 bits per heavy atom. The quantitative estimate of drug-likeness (QED) is 0.210. The zero-order valence-electron chi connectivity index (χ0n) is 24.6. The summed E-state index contributed by atoms with van der Waals surface area (Å²) in [6, 6.07) is 14.0. The summed E-state index contributed by atoms with van der Waals surface area (Å²) in [4.78, 5) is 67.8. The molecular formula is C32H38N4O7. The summed E-state index contributed by atoms with van der Waals surface area (Å²) in [5.74, 6) is -2.22. The number of carbonyl (C=O) groups excluding carboxylic acids is 5. The van der Waals surface area contributed by atoms with Crippen molar-refractivity contribution in [1.82, 2.24) is 20.9 Å². The zero-order valence-corrected chi connectivity index (χ0v) is 24.6. The molecule has 1 aliphatic rings. The highest BCUT2D eigenvalue weighted by molar-refractivity contribution is 6.02. The van der Waals surface area contributed by atoms with Crippen LogP contribution in [0.4, 0.5) is 0 Å². The van der Waals surface area contributed by atoms with E-state index in [4.69, 9.17) is 9.47 Å². The number of hydrogen-bond donors (Lipinski definition) is 4. The maximum atomic E-state index is 13.6. The number of H-pyrrole nitrogens is 1. The van der Waals surface area contributed by atoms with Gasteiger partial charge in [0.2, 0.25) is 11.8 Å². The Kier molecular flexibility index (Phi) is 10.5. The topological polar surface area (TPSA) is 156 Å². The summed E-state index contributed by atoms with van der Waals surface area (Å²) in [6.07, 6.45) is 0.870. The van der Waals surface area contributed by atoms with Crippen LogP contribution in [-0.2, 0) is 30.3 Å². The Balaban J connectivity index is 1.46. The lowest BCUT2D eigenvalue weighted by molar-refractivity contribution is -0.148. The van der Waals surface area contributed by atoms with Crippen molar-refractivity contribution < 1.29 is 33.4 Å². The van der Waals surface area contributed by atoms with E-state index in [1.165, 1.54) is 0 Å². The Bertz CT molecular complexity index is 1470. The largest absolute Gasteiger partial charge is 0.496 e. The normalized spacial score (nSPS) is 15.9. The lowest BCUT2D eigenvalue weighted by Crippen LogP contribution is -2.53. The van der Waals surface area contributed by atoms with Crippen molar-refractivity contribution in [2.24, 2.45) is 11.8 Å². The van der Waals surface area contributed by atoms with Crippen molar-refractivity contribution in [2.75, 3.05) is 20.3 Å². The van der Waals surface area contributed by atoms with Crippen molar-refractivity contribution in [3.63, 3.8) is 0 Å². The van der Waals surface area contributed by atoms with Gasteiger partial charge in [-0.15, -0.1) is 0 Å². The Morgan fingerprint density at radius 2 is 1.77 bits per heavy atom. The van der Waals surface area contributed by atoms with Gasteiger partial charge in [0.1, 0.15) is 17.5 Å². The number of nitrogens with one attached hydrogen (secondary N) is 4. The number of ketones is 1. The highest BCUT2D eigenvalue weighted by atomic mass is 16.5. The van der Waals surface area contributed by atoms with E-state index in [0.29, 0.717) is 30.7 Å². The predicted molar refractivity (Wildman–Crippen MR) is 159 cm³/mol. The summed E-state index contributed by atoms with van der Waals surface area (Å²) in [6.45, 7) is 3.75. The number of esters is 1. The molecule has 3 aromatic rings. The number of rotatable bonds is 14. The van der Waals surface area contributed by atoms with Crippen LogP contribution < -0.4 is 20.7 Å². The molecule has 3 atom stereocenters. The van der Waals surface area contributed by atoms with Gasteiger partial charge in [0.25, 0.3) is 5.91 Å². The van der Waals surface area contributed by atoms with E-state index >= 15 is 0 Å². The number of methoxy groups -OCH3 is 1. The number of hydrogen-bond acceptors (Lipinski definition) is 7. The van der Waals surface area contributed by atoms with Gasteiger partial charge in [0, 0.05) is 23.4 Å². The fourth-order valence-corrected chi connectivity index (χ4v) is 5.13. The molecular weight excluding hydrogens is 552 g/mol. The molecule has 11 nitrogen and oxygen atoms in total. The second-order valence-corrected chi connectivity index (χ2v) is 11.1. The van der Waals surface area contributed by atoms with Crippen molar-refractivity contribution in [3.05, 3.63) is 65.9 Å². The Morgan fingerprint density at radius 1 is 1.00 bits per heavy atom. The monoisotopic (exact) mass is 590 g/mol. The molecule has 2 aromatic carbocycles. The highest BCUT2D eigenvalue weighted by Crippen LogP contribution is 2.26. The number of amides is 3. The van der Waals surface area contributed by atoms with E-state index in [2.05, 4.69) is 20.9 Å². The van der Waals surface area contributed by atoms with E-state index in [9.17, 15) is 24.0 Å². The van der Waals surface area contributed by atoms with Gasteiger partial charge in [-0.25, -0.2) is 0 Å². The van der Waals surface area contributed by atoms with Crippen molar-refractivity contribution >= 4 is 40.4 Å². The van der Waals surface area contributed by atoms with Crippen LogP contribution in [0.5, 0.6) is 5.75 Å². The molecule has 2 heterocycles. The standard InChI is InChI=1S/C32H38N4O7/c1-19(2)14-25(36-32(41)26-17-22-23(34-26)10-7-11-28(22)42-3)31(40)35-24(16-21-12-13-33-30(21)39)27(37)18-43-29(38)15-20-8-5-4-6-9-20/h4-11,17,19,21,24-25,34H,12-16,18H2,1-3H3,(H,33,39)(H,35,40)(H,36,41)/t21-,24-,25-/m0/s1. The molecule has 3 amide bonds. The van der Waals surface area contributed by atoms with Crippen molar-refractivity contribution in [1.29, 1.82) is 0 Å². The van der Waals surface area contributed by atoms with Crippen molar-refractivity contribution in [2.45, 2.75) is 51.6 Å². The molecule has 1 aliphatic heterocycles. The third kappa shape index (κ3) is 8.43. The molecule has 0 aliphatic carbocycles. The van der Waals surface area contributed by atoms with Crippen LogP contribution >= 0.6 is 0 Å². The van der Waals surface area contributed by atoms with E-state index in [1.807, 2.05) is 26.0 Å². The maximum Gasteiger partial charge on any atom is 0.310 e. The summed E-state index contributed by atoms with van der Waals surface area (Å²) < 4.78 is 10.6. The van der Waals surface area contributed by atoms with Gasteiger partial charge in [-0.2, -0.15) is 0 Å². The third-order valence-corrected chi connectivity index (χ3v) is 7.37. The fourth-order valence-electron chi connectivity index (χ4n) is 5.13.